The van der Waals surface area contributed by atoms with Crippen molar-refractivity contribution < 1.29 is 19.1 Å². The first-order chi connectivity index (χ1) is 14.7. The van der Waals surface area contributed by atoms with E-state index in [4.69, 9.17) is 9.47 Å². The average molecular weight is 402 g/mol. The fourth-order valence-electron chi connectivity index (χ4n) is 3.95. The summed E-state index contributed by atoms with van der Waals surface area (Å²) in [7, 11) is 0. The predicted octanol–water partition coefficient (Wildman–Crippen LogP) is 6.40. The first-order valence-electron chi connectivity index (χ1n) is 10.7. The minimum atomic E-state index is -0.475. The van der Waals surface area contributed by atoms with Gasteiger partial charge in [0.1, 0.15) is 0 Å². The molecule has 154 valence electrons. The molecule has 3 aromatic carbocycles. The zero-order chi connectivity index (χ0) is 21.1. The zero-order valence-corrected chi connectivity index (χ0v) is 17.5. The number of hydrogen-bond acceptors (Lipinski definition) is 4. The van der Waals surface area contributed by atoms with E-state index in [1.807, 2.05) is 26.0 Å². The second-order valence-corrected chi connectivity index (χ2v) is 7.63. The minimum absolute atomic E-state index is 0.274. The number of carbonyl (C=O) groups is 2. The highest BCUT2D eigenvalue weighted by atomic mass is 16.5. The van der Waals surface area contributed by atoms with E-state index in [1.54, 1.807) is 12.1 Å². The number of carbonyl (C=O) groups excluding carboxylic acids is 2. The Balaban J connectivity index is 1.81. The maximum absolute atomic E-state index is 12.9. The van der Waals surface area contributed by atoms with Gasteiger partial charge in [-0.2, -0.15) is 0 Å². The molecule has 0 spiro atoms. The van der Waals surface area contributed by atoms with Crippen LogP contribution < -0.4 is 0 Å². The molecule has 0 amide bonds. The number of hydrogen-bond donors (Lipinski definition) is 0. The van der Waals surface area contributed by atoms with Crippen molar-refractivity contribution in [3.8, 4) is 22.3 Å². The normalized spacial score (nSPS) is 11.4. The Morgan fingerprint density at radius 3 is 1.60 bits per heavy atom. The van der Waals surface area contributed by atoms with Gasteiger partial charge >= 0.3 is 11.9 Å². The van der Waals surface area contributed by atoms with E-state index in [0.29, 0.717) is 13.2 Å². The third kappa shape index (κ3) is 3.58. The number of unbranched alkanes of at least 4 members (excludes halogenated alkanes) is 2. The van der Waals surface area contributed by atoms with Crippen LogP contribution in [-0.2, 0) is 9.47 Å². The van der Waals surface area contributed by atoms with Gasteiger partial charge in [0.2, 0.25) is 0 Å². The van der Waals surface area contributed by atoms with Gasteiger partial charge in [0.15, 0.2) is 0 Å². The van der Waals surface area contributed by atoms with E-state index < -0.39 is 11.9 Å². The maximum Gasteiger partial charge on any atom is 0.339 e. The molecule has 4 nitrogen and oxygen atoms in total. The quantitative estimate of drug-likeness (QED) is 0.253. The van der Waals surface area contributed by atoms with Gasteiger partial charge in [0.05, 0.1) is 24.3 Å². The van der Waals surface area contributed by atoms with Gasteiger partial charge in [-0.1, -0.05) is 63.1 Å². The fourth-order valence-corrected chi connectivity index (χ4v) is 3.95. The highest BCUT2D eigenvalue weighted by Gasteiger charge is 2.28. The Morgan fingerprint density at radius 1 is 0.700 bits per heavy atom. The van der Waals surface area contributed by atoms with Crippen molar-refractivity contribution in [3.05, 3.63) is 59.7 Å². The maximum atomic E-state index is 12.9. The van der Waals surface area contributed by atoms with Crippen LogP contribution in [0.25, 0.3) is 33.0 Å². The van der Waals surface area contributed by atoms with Gasteiger partial charge in [-0.25, -0.2) is 9.59 Å². The summed E-state index contributed by atoms with van der Waals surface area (Å²) in [6, 6.07) is 15.9. The lowest BCUT2D eigenvalue weighted by Gasteiger charge is -2.13. The van der Waals surface area contributed by atoms with Crippen molar-refractivity contribution in [2.24, 2.45) is 0 Å². The summed E-state index contributed by atoms with van der Waals surface area (Å²) in [6.07, 6.45) is 3.44. The summed E-state index contributed by atoms with van der Waals surface area (Å²) in [5.74, 6) is -0.950. The van der Waals surface area contributed by atoms with Crippen LogP contribution in [0.1, 0.15) is 60.2 Å². The summed E-state index contributed by atoms with van der Waals surface area (Å²) in [6.45, 7) is 4.76. The van der Waals surface area contributed by atoms with Crippen LogP contribution in [0.3, 0.4) is 0 Å². The molecule has 0 radical (unpaired) electrons. The summed E-state index contributed by atoms with van der Waals surface area (Å²) >= 11 is 0. The van der Waals surface area contributed by atoms with Crippen molar-refractivity contribution >= 4 is 22.7 Å². The van der Waals surface area contributed by atoms with Gasteiger partial charge in [-0.15, -0.1) is 0 Å². The van der Waals surface area contributed by atoms with E-state index in [-0.39, 0.29) is 11.1 Å². The van der Waals surface area contributed by atoms with Gasteiger partial charge in [0.25, 0.3) is 0 Å². The van der Waals surface area contributed by atoms with Crippen molar-refractivity contribution in [2.45, 2.75) is 39.5 Å². The van der Waals surface area contributed by atoms with Gasteiger partial charge < -0.3 is 9.47 Å². The molecule has 1 aliphatic rings. The van der Waals surface area contributed by atoms with Crippen molar-refractivity contribution in [3.63, 3.8) is 0 Å². The van der Waals surface area contributed by atoms with Crippen LogP contribution >= 0.6 is 0 Å². The molecule has 3 aromatic rings. The molecule has 0 aromatic heterocycles. The lowest BCUT2D eigenvalue weighted by molar-refractivity contribution is 0.0452. The first-order valence-corrected chi connectivity index (χ1v) is 10.7. The molecular formula is C26H26O4. The molecule has 0 fully saturated rings. The van der Waals surface area contributed by atoms with Crippen LogP contribution in [0.5, 0.6) is 0 Å². The van der Waals surface area contributed by atoms with Gasteiger partial charge in [-0.3, -0.25) is 0 Å². The Hall–Kier alpha value is -3.14. The third-order valence-corrected chi connectivity index (χ3v) is 5.54. The summed E-state index contributed by atoms with van der Waals surface area (Å²) in [4.78, 5) is 25.7. The number of fused-ring (bicyclic) bond motifs is 3. The topological polar surface area (TPSA) is 52.6 Å². The van der Waals surface area contributed by atoms with Crippen molar-refractivity contribution in [1.29, 1.82) is 0 Å². The Morgan fingerprint density at radius 2 is 1.17 bits per heavy atom. The Bertz CT molecular complexity index is 1030. The zero-order valence-electron chi connectivity index (χ0n) is 17.5. The molecule has 0 N–H and O–H groups in total. The standard InChI is InChI=1S/C26H26O4/c1-3-5-13-29-25(27)22-15-20-18-11-7-9-17-10-8-12-19(24(17)18)21(20)16-23(22)26(28)30-14-6-4-2/h7-12,15-16H,3-6,13-14H2,1-2H3. The molecular weight excluding hydrogens is 376 g/mol. The molecule has 0 saturated heterocycles. The van der Waals surface area contributed by atoms with E-state index in [0.717, 1.165) is 58.7 Å². The second kappa shape index (κ2) is 8.70. The molecule has 30 heavy (non-hydrogen) atoms. The number of rotatable bonds is 8. The van der Waals surface area contributed by atoms with Crippen LogP contribution in [0, 0.1) is 0 Å². The molecule has 0 bridgehead atoms. The summed E-state index contributed by atoms with van der Waals surface area (Å²) in [5, 5.41) is 2.29. The molecule has 4 heteroatoms. The molecule has 0 heterocycles. The largest absolute Gasteiger partial charge is 0.462 e. The van der Waals surface area contributed by atoms with E-state index in [1.165, 1.54) is 0 Å². The Kier molecular flexibility index (Phi) is 5.84. The second-order valence-electron chi connectivity index (χ2n) is 7.63. The third-order valence-electron chi connectivity index (χ3n) is 5.54. The molecule has 0 saturated carbocycles. The minimum Gasteiger partial charge on any atom is -0.462 e. The molecule has 4 rings (SSSR count). The molecule has 1 aliphatic carbocycles. The van der Waals surface area contributed by atoms with Crippen LogP contribution in [0.15, 0.2) is 48.5 Å². The highest BCUT2D eigenvalue weighted by Crippen LogP contribution is 2.48. The Labute approximate surface area is 176 Å². The number of esters is 2. The fraction of sp³-hybridized carbons (Fsp3) is 0.308. The number of ether oxygens (including phenoxy) is 2. The lowest BCUT2D eigenvalue weighted by Crippen LogP contribution is -2.15. The van der Waals surface area contributed by atoms with E-state index in [2.05, 4.69) is 24.3 Å². The average Bonchev–Trinajstić information content (AvgIpc) is 3.08. The monoisotopic (exact) mass is 402 g/mol. The molecule has 0 aliphatic heterocycles. The molecule has 0 unspecified atom stereocenters. The summed E-state index contributed by atoms with van der Waals surface area (Å²) in [5.41, 5.74) is 4.61. The SMILES string of the molecule is CCCCOC(=O)c1cc2c(cc1C(=O)OCCCC)-c1cccc3cccc-2c13. The van der Waals surface area contributed by atoms with Crippen molar-refractivity contribution in [1.82, 2.24) is 0 Å². The number of benzene rings is 3. The van der Waals surface area contributed by atoms with E-state index in [9.17, 15) is 9.59 Å². The van der Waals surface area contributed by atoms with Crippen LogP contribution in [0.4, 0.5) is 0 Å². The molecule has 0 atom stereocenters. The van der Waals surface area contributed by atoms with Crippen molar-refractivity contribution in [2.75, 3.05) is 13.2 Å². The smallest absolute Gasteiger partial charge is 0.339 e. The predicted molar refractivity (Wildman–Crippen MR) is 119 cm³/mol. The van der Waals surface area contributed by atoms with Crippen LogP contribution in [-0.4, -0.2) is 25.2 Å². The van der Waals surface area contributed by atoms with Crippen LogP contribution in [0.2, 0.25) is 0 Å². The van der Waals surface area contributed by atoms with E-state index >= 15 is 0 Å². The highest BCUT2D eigenvalue weighted by molar-refractivity contribution is 6.17. The lowest BCUT2D eigenvalue weighted by atomic mass is 9.96. The van der Waals surface area contributed by atoms with Gasteiger partial charge in [0, 0.05) is 0 Å². The van der Waals surface area contributed by atoms with Gasteiger partial charge in [-0.05, 0) is 58.0 Å². The first kappa shape index (κ1) is 20.1. The summed E-state index contributed by atoms with van der Waals surface area (Å²) < 4.78 is 10.9.